The Balaban J connectivity index is 2.02. The molecule has 0 spiro atoms. The highest BCUT2D eigenvalue weighted by Crippen LogP contribution is 2.29. The van der Waals surface area contributed by atoms with Crippen LogP contribution in [0.5, 0.6) is 0 Å². The third-order valence-electron chi connectivity index (χ3n) is 3.85. The third kappa shape index (κ3) is 3.74. The number of hydrogen-bond donors (Lipinski definition) is 2. The van der Waals surface area contributed by atoms with E-state index in [1.807, 2.05) is 25.6 Å². The molecule has 0 bridgehead atoms. The van der Waals surface area contributed by atoms with E-state index in [9.17, 15) is 9.59 Å². The molecule has 1 aliphatic rings. The number of nitrogens with zero attached hydrogens (tertiary/aromatic N) is 3. The van der Waals surface area contributed by atoms with Crippen molar-refractivity contribution in [1.29, 1.82) is 0 Å². The molecule has 2 rings (SSSR count). The summed E-state index contributed by atoms with van der Waals surface area (Å²) in [6.07, 6.45) is 1.95. The van der Waals surface area contributed by atoms with E-state index in [2.05, 4.69) is 10.4 Å². The Morgan fingerprint density at radius 1 is 1.43 bits per heavy atom. The number of urea groups is 1. The van der Waals surface area contributed by atoms with Crippen LogP contribution in [0.25, 0.3) is 0 Å². The quantitative estimate of drug-likeness (QED) is 0.825. The summed E-state index contributed by atoms with van der Waals surface area (Å²) in [7, 11) is 1.89. The fraction of sp³-hybridized carbons (Fsp3) is 0.643. The molecule has 0 aromatic carbocycles. The van der Waals surface area contributed by atoms with Gasteiger partial charge in [0.2, 0.25) is 0 Å². The molecule has 1 saturated carbocycles. The number of nitrogens with one attached hydrogen (secondary N) is 1. The summed E-state index contributed by atoms with van der Waals surface area (Å²) in [6.45, 7) is 4.61. The van der Waals surface area contributed by atoms with Gasteiger partial charge in [-0.2, -0.15) is 5.10 Å². The first-order valence-corrected chi connectivity index (χ1v) is 7.15. The number of carbonyl (C=O) groups is 2. The molecule has 1 aliphatic carbocycles. The number of rotatable bonds is 6. The van der Waals surface area contributed by atoms with Crippen LogP contribution in [0.4, 0.5) is 4.79 Å². The highest BCUT2D eigenvalue weighted by Gasteiger charge is 2.33. The minimum Gasteiger partial charge on any atom is -0.481 e. The molecule has 2 N–H and O–H groups in total. The number of carboxylic acids is 1. The van der Waals surface area contributed by atoms with E-state index in [1.165, 1.54) is 0 Å². The first-order chi connectivity index (χ1) is 9.90. The van der Waals surface area contributed by atoms with Crippen molar-refractivity contribution in [1.82, 2.24) is 20.0 Å². The van der Waals surface area contributed by atoms with Gasteiger partial charge < -0.3 is 15.3 Å². The van der Waals surface area contributed by atoms with E-state index in [4.69, 9.17) is 5.11 Å². The third-order valence-corrected chi connectivity index (χ3v) is 3.85. The van der Waals surface area contributed by atoms with Crippen molar-refractivity contribution in [3.8, 4) is 0 Å². The SMILES string of the molecule is Cc1nn(C)c(C)c1CN(C(=O)NCCC(=O)O)C1CC1. The summed E-state index contributed by atoms with van der Waals surface area (Å²) in [4.78, 5) is 24.5. The van der Waals surface area contributed by atoms with Gasteiger partial charge in [0.25, 0.3) is 0 Å². The zero-order valence-electron chi connectivity index (χ0n) is 12.7. The van der Waals surface area contributed by atoms with Crippen molar-refractivity contribution in [2.45, 2.75) is 45.7 Å². The molecule has 1 aromatic rings. The van der Waals surface area contributed by atoms with Crippen LogP contribution in [0.1, 0.15) is 36.2 Å². The molecule has 7 heteroatoms. The summed E-state index contributed by atoms with van der Waals surface area (Å²) >= 11 is 0. The van der Waals surface area contributed by atoms with Gasteiger partial charge in [-0.1, -0.05) is 0 Å². The molecular formula is C14H22N4O3. The van der Waals surface area contributed by atoms with Gasteiger partial charge in [-0.25, -0.2) is 4.79 Å². The Labute approximate surface area is 123 Å². The van der Waals surface area contributed by atoms with Gasteiger partial charge in [0.05, 0.1) is 18.7 Å². The number of amides is 2. The van der Waals surface area contributed by atoms with E-state index in [0.717, 1.165) is 29.8 Å². The molecule has 1 heterocycles. The second-order valence-corrected chi connectivity index (χ2v) is 5.51. The Bertz CT molecular complexity index is 549. The first kappa shape index (κ1) is 15.3. The van der Waals surface area contributed by atoms with Crippen molar-refractivity contribution in [3.05, 3.63) is 17.0 Å². The van der Waals surface area contributed by atoms with E-state index < -0.39 is 5.97 Å². The van der Waals surface area contributed by atoms with Gasteiger partial charge in [0, 0.05) is 30.9 Å². The number of aryl methyl sites for hydroxylation is 2. The molecule has 2 amide bonds. The molecule has 0 unspecified atom stereocenters. The predicted octanol–water partition coefficient (Wildman–Crippen LogP) is 1.19. The lowest BCUT2D eigenvalue weighted by atomic mass is 10.2. The molecule has 1 fully saturated rings. The second kappa shape index (κ2) is 6.15. The fourth-order valence-electron chi connectivity index (χ4n) is 2.35. The Hall–Kier alpha value is -2.05. The van der Waals surface area contributed by atoms with Crippen LogP contribution in [0.15, 0.2) is 0 Å². The standard InChI is InChI=1S/C14H22N4O3/c1-9-12(10(2)17(3)16-9)8-18(11-4-5-11)14(21)15-7-6-13(19)20/h11H,4-8H2,1-3H3,(H,15,21)(H,19,20). The fourth-order valence-corrected chi connectivity index (χ4v) is 2.35. The summed E-state index contributed by atoms with van der Waals surface area (Å²) in [5, 5.41) is 15.7. The lowest BCUT2D eigenvalue weighted by Gasteiger charge is -2.23. The average molecular weight is 294 g/mol. The minimum atomic E-state index is -0.910. The predicted molar refractivity (Wildman–Crippen MR) is 76.9 cm³/mol. The van der Waals surface area contributed by atoms with Gasteiger partial charge in [0.15, 0.2) is 0 Å². The largest absolute Gasteiger partial charge is 0.481 e. The number of carbonyl (C=O) groups excluding carboxylic acids is 1. The smallest absolute Gasteiger partial charge is 0.317 e. The Morgan fingerprint density at radius 3 is 2.57 bits per heavy atom. The van der Waals surface area contributed by atoms with E-state index in [-0.39, 0.29) is 25.0 Å². The highest BCUT2D eigenvalue weighted by atomic mass is 16.4. The van der Waals surface area contributed by atoms with Crippen LogP contribution in [0, 0.1) is 13.8 Å². The zero-order valence-corrected chi connectivity index (χ0v) is 12.7. The van der Waals surface area contributed by atoms with Crippen LogP contribution in [0.2, 0.25) is 0 Å². The molecule has 21 heavy (non-hydrogen) atoms. The molecule has 0 atom stereocenters. The topological polar surface area (TPSA) is 87.5 Å². The summed E-state index contributed by atoms with van der Waals surface area (Å²) in [5.74, 6) is -0.910. The van der Waals surface area contributed by atoms with Crippen LogP contribution in [0.3, 0.4) is 0 Å². The number of carboxylic acid groups (broad SMARTS) is 1. The molecule has 7 nitrogen and oxygen atoms in total. The number of aromatic nitrogens is 2. The molecule has 0 aliphatic heterocycles. The van der Waals surface area contributed by atoms with E-state index in [0.29, 0.717) is 6.54 Å². The molecule has 0 radical (unpaired) electrons. The summed E-state index contributed by atoms with van der Waals surface area (Å²) in [6, 6.07) is 0.0650. The van der Waals surface area contributed by atoms with Gasteiger partial charge in [-0.05, 0) is 26.7 Å². The van der Waals surface area contributed by atoms with Crippen LogP contribution < -0.4 is 5.32 Å². The van der Waals surface area contributed by atoms with Gasteiger partial charge in [-0.3, -0.25) is 9.48 Å². The molecule has 0 saturated heterocycles. The zero-order chi connectivity index (χ0) is 15.6. The summed E-state index contributed by atoms with van der Waals surface area (Å²) in [5.41, 5.74) is 3.05. The Kier molecular flexibility index (Phi) is 4.50. The van der Waals surface area contributed by atoms with Crippen LogP contribution in [-0.2, 0) is 18.4 Å². The monoisotopic (exact) mass is 294 g/mol. The highest BCUT2D eigenvalue weighted by molar-refractivity contribution is 5.76. The minimum absolute atomic E-state index is 0.0603. The molecule has 116 valence electrons. The van der Waals surface area contributed by atoms with Crippen molar-refractivity contribution in [3.63, 3.8) is 0 Å². The van der Waals surface area contributed by atoms with Crippen LogP contribution in [-0.4, -0.2) is 44.4 Å². The van der Waals surface area contributed by atoms with Crippen LogP contribution >= 0.6 is 0 Å². The second-order valence-electron chi connectivity index (χ2n) is 5.51. The number of aliphatic carboxylic acids is 1. The maximum Gasteiger partial charge on any atom is 0.317 e. The van der Waals surface area contributed by atoms with E-state index >= 15 is 0 Å². The van der Waals surface area contributed by atoms with Gasteiger partial charge in [-0.15, -0.1) is 0 Å². The van der Waals surface area contributed by atoms with Crippen molar-refractivity contribution >= 4 is 12.0 Å². The van der Waals surface area contributed by atoms with Crippen molar-refractivity contribution < 1.29 is 14.7 Å². The summed E-state index contributed by atoms with van der Waals surface area (Å²) < 4.78 is 1.82. The van der Waals surface area contributed by atoms with Crippen molar-refractivity contribution in [2.75, 3.05) is 6.54 Å². The lowest BCUT2D eigenvalue weighted by molar-refractivity contribution is -0.136. The maximum atomic E-state index is 12.2. The number of hydrogen-bond acceptors (Lipinski definition) is 3. The molecule has 1 aromatic heterocycles. The molecular weight excluding hydrogens is 272 g/mol. The van der Waals surface area contributed by atoms with E-state index in [1.54, 1.807) is 4.90 Å². The maximum absolute atomic E-state index is 12.2. The van der Waals surface area contributed by atoms with Crippen molar-refractivity contribution in [2.24, 2.45) is 7.05 Å². The lowest BCUT2D eigenvalue weighted by Crippen LogP contribution is -2.41. The normalized spacial score (nSPS) is 14.0. The first-order valence-electron chi connectivity index (χ1n) is 7.15. The Morgan fingerprint density at radius 2 is 2.10 bits per heavy atom. The van der Waals surface area contributed by atoms with Gasteiger partial charge in [0.1, 0.15) is 0 Å². The van der Waals surface area contributed by atoms with Gasteiger partial charge >= 0.3 is 12.0 Å². The average Bonchev–Trinajstić information content (AvgIpc) is 3.19.